The minimum Gasteiger partial charge on any atom is -0.345 e. The lowest BCUT2D eigenvalue weighted by atomic mass is 10.2. The minimum absolute atomic E-state index is 0.0117. The zero-order valence-corrected chi connectivity index (χ0v) is 12.8. The topological polar surface area (TPSA) is 78.8 Å². The number of hydrogen-bond acceptors (Lipinski definition) is 6. The zero-order valence-electron chi connectivity index (χ0n) is 12.8. The molecule has 24 heavy (non-hydrogen) atoms. The number of aryl methyl sites for hydroxylation is 1. The summed E-state index contributed by atoms with van der Waals surface area (Å²) in [4.78, 5) is 9.60. The van der Waals surface area contributed by atoms with Gasteiger partial charge in [-0.2, -0.15) is 23.4 Å². The molecule has 0 aromatic carbocycles. The first-order valence-electron chi connectivity index (χ1n) is 7.51. The summed E-state index contributed by atoms with van der Waals surface area (Å²) in [6, 6.07) is 3.52. The van der Waals surface area contributed by atoms with Gasteiger partial charge in [0.25, 0.3) is 0 Å². The van der Waals surface area contributed by atoms with Crippen molar-refractivity contribution < 1.29 is 17.7 Å². The molecule has 3 rings (SSSR count). The molecule has 0 saturated carbocycles. The van der Waals surface area contributed by atoms with Crippen LogP contribution in [-0.2, 0) is 12.6 Å². The van der Waals surface area contributed by atoms with E-state index in [-0.39, 0.29) is 17.4 Å². The molecule has 1 saturated heterocycles. The Hall–Kier alpha value is -2.63. The van der Waals surface area contributed by atoms with Crippen molar-refractivity contribution in [3.63, 3.8) is 0 Å². The molecule has 1 aliphatic heterocycles. The smallest absolute Gasteiger partial charge is 0.345 e. The maximum Gasteiger partial charge on any atom is 0.433 e. The van der Waals surface area contributed by atoms with Crippen LogP contribution in [0.4, 0.5) is 19.0 Å². The highest BCUT2D eigenvalue weighted by molar-refractivity contribution is 5.56. The summed E-state index contributed by atoms with van der Waals surface area (Å²) in [6.45, 7) is 2.34. The Morgan fingerprint density at radius 2 is 2.17 bits per heavy atom. The molecule has 3 heterocycles. The molecule has 0 bridgehead atoms. The van der Waals surface area contributed by atoms with E-state index >= 15 is 0 Å². The van der Waals surface area contributed by atoms with Crippen molar-refractivity contribution >= 4 is 5.82 Å². The van der Waals surface area contributed by atoms with Crippen molar-refractivity contribution in [3.05, 3.63) is 35.1 Å². The van der Waals surface area contributed by atoms with Crippen molar-refractivity contribution in [1.29, 1.82) is 5.26 Å². The largest absolute Gasteiger partial charge is 0.433 e. The van der Waals surface area contributed by atoms with Crippen LogP contribution >= 0.6 is 0 Å². The van der Waals surface area contributed by atoms with Gasteiger partial charge in [0.2, 0.25) is 5.89 Å². The van der Waals surface area contributed by atoms with Crippen LogP contribution in [0.15, 0.2) is 16.7 Å². The number of nitriles is 1. The van der Waals surface area contributed by atoms with Crippen molar-refractivity contribution in [1.82, 2.24) is 15.1 Å². The van der Waals surface area contributed by atoms with Crippen LogP contribution in [0.25, 0.3) is 0 Å². The highest BCUT2D eigenvalue weighted by Crippen LogP contribution is 2.37. The fourth-order valence-electron chi connectivity index (χ4n) is 2.75. The summed E-state index contributed by atoms with van der Waals surface area (Å²) in [5, 5.41) is 13.1. The Bertz CT molecular complexity index is 780. The lowest BCUT2D eigenvalue weighted by Crippen LogP contribution is -2.26. The normalized spacial score (nSPS) is 18.0. The molecule has 0 unspecified atom stereocenters. The number of aromatic nitrogens is 3. The summed E-state index contributed by atoms with van der Waals surface area (Å²) in [7, 11) is 0. The van der Waals surface area contributed by atoms with Crippen molar-refractivity contribution in [2.75, 3.05) is 11.4 Å². The summed E-state index contributed by atoms with van der Waals surface area (Å²) in [5.41, 5.74) is -0.932. The highest BCUT2D eigenvalue weighted by Gasteiger charge is 2.36. The number of alkyl halides is 3. The van der Waals surface area contributed by atoms with Gasteiger partial charge in [-0.25, -0.2) is 4.98 Å². The molecule has 0 radical (unpaired) electrons. The molecular weight excluding hydrogens is 323 g/mol. The Labute approximate surface area is 135 Å². The molecule has 1 fully saturated rings. The van der Waals surface area contributed by atoms with E-state index in [1.54, 1.807) is 4.90 Å². The summed E-state index contributed by atoms with van der Waals surface area (Å²) in [6.07, 6.45) is -2.60. The van der Waals surface area contributed by atoms with Gasteiger partial charge in [-0.15, -0.1) is 0 Å². The highest BCUT2D eigenvalue weighted by atomic mass is 19.4. The number of halogens is 3. The standard InChI is InChI=1S/C15H14F3N5O/c1-2-12-21-13(22-24-12)10-4-3-7-23(10)14-9(8-19)5-6-11(20-14)15(16,17)18/h5-6,10H,2-4,7H2,1H3/t10-/m0/s1. The number of pyridine rings is 1. The molecule has 1 aliphatic rings. The zero-order chi connectivity index (χ0) is 17.3. The number of nitrogens with zero attached hydrogens (tertiary/aromatic N) is 5. The summed E-state index contributed by atoms with van der Waals surface area (Å²) < 4.78 is 44.0. The maximum atomic E-state index is 13.0. The third-order valence-electron chi connectivity index (χ3n) is 3.90. The second-order valence-corrected chi connectivity index (χ2v) is 5.43. The van der Waals surface area contributed by atoms with Crippen LogP contribution in [0.2, 0.25) is 0 Å². The Morgan fingerprint density at radius 3 is 2.79 bits per heavy atom. The first-order chi connectivity index (χ1) is 11.4. The van der Waals surface area contributed by atoms with E-state index in [1.807, 2.05) is 13.0 Å². The van der Waals surface area contributed by atoms with Crippen LogP contribution in [0, 0.1) is 11.3 Å². The Morgan fingerprint density at radius 1 is 1.38 bits per heavy atom. The predicted molar refractivity (Wildman–Crippen MR) is 77.0 cm³/mol. The van der Waals surface area contributed by atoms with E-state index in [4.69, 9.17) is 4.52 Å². The van der Waals surface area contributed by atoms with Crippen LogP contribution in [0.5, 0.6) is 0 Å². The second-order valence-electron chi connectivity index (χ2n) is 5.43. The van der Waals surface area contributed by atoms with Gasteiger partial charge in [0.15, 0.2) is 5.82 Å². The predicted octanol–water partition coefficient (Wildman–Crippen LogP) is 3.26. The minimum atomic E-state index is -4.57. The van der Waals surface area contributed by atoms with Gasteiger partial charge < -0.3 is 9.42 Å². The van der Waals surface area contributed by atoms with E-state index in [2.05, 4.69) is 15.1 Å². The van der Waals surface area contributed by atoms with Crippen molar-refractivity contribution in [2.45, 2.75) is 38.4 Å². The van der Waals surface area contributed by atoms with Gasteiger partial charge in [0.1, 0.15) is 17.6 Å². The monoisotopic (exact) mass is 337 g/mol. The third-order valence-corrected chi connectivity index (χ3v) is 3.90. The van der Waals surface area contributed by atoms with E-state index < -0.39 is 11.9 Å². The molecule has 2 aromatic rings. The van der Waals surface area contributed by atoms with Gasteiger partial charge in [0.05, 0.1) is 11.6 Å². The van der Waals surface area contributed by atoms with E-state index in [0.29, 0.717) is 31.1 Å². The fraction of sp³-hybridized carbons (Fsp3) is 0.467. The molecule has 6 nitrogen and oxygen atoms in total. The molecule has 0 spiro atoms. The number of hydrogen-bond donors (Lipinski definition) is 0. The average Bonchev–Trinajstić information content (AvgIpc) is 3.21. The molecule has 1 atom stereocenters. The first-order valence-corrected chi connectivity index (χ1v) is 7.51. The van der Waals surface area contributed by atoms with Crippen LogP contribution in [0.3, 0.4) is 0 Å². The quantitative estimate of drug-likeness (QED) is 0.855. The van der Waals surface area contributed by atoms with Gasteiger partial charge >= 0.3 is 6.18 Å². The molecule has 0 N–H and O–H groups in total. The van der Waals surface area contributed by atoms with Crippen LogP contribution < -0.4 is 4.90 Å². The van der Waals surface area contributed by atoms with Gasteiger partial charge in [-0.3, -0.25) is 0 Å². The summed E-state index contributed by atoms with van der Waals surface area (Å²) >= 11 is 0. The first kappa shape index (κ1) is 16.2. The molecule has 0 amide bonds. The molecule has 126 valence electrons. The summed E-state index contributed by atoms with van der Waals surface area (Å²) in [5.74, 6) is 0.888. The van der Waals surface area contributed by atoms with Gasteiger partial charge in [-0.1, -0.05) is 12.1 Å². The van der Waals surface area contributed by atoms with E-state index in [0.717, 1.165) is 18.6 Å². The molecule has 2 aromatic heterocycles. The number of rotatable bonds is 3. The average molecular weight is 337 g/mol. The maximum absolute atomic E-state index is 13.0. The fourth-order valence-corrected chi connectivity index (χ4v) is 2.75. The molecular formula is C15H14F3N5O. The number of anilines is 1. The Balaban J connectivity index is 2.01. The van der Waals surface area contributed by atoms with E-state index in [9.17, 15) is 18.4 Å². The SMILES string of the molecule is CCc1nc([C@@H]2CCCN2c2nc(C(F)(F)F)ccc2C#N)no1. The van der Waals surface area contributed by atoms with E-state index in [1.165, 1.54) is 0 Å². The lowest BCUT2D eigenvalue weighted by molar-refractivity contribution is -0.141. The third kappa shape index (κ3) is 2.91. The lowest BCUT2D eigenvalue weighted by Gasteiger charge is -2.24. The second kappa shape index (κ2) is 6.11. The van der Waals surface area contributed by atoms with Crippen molar-refractivity contribution in [3.8, 4) is 6.07 Å². The van der Waals surface area contributed by atoms with Crippen LogP contribution in [-0.4, -0.2) is 21.7 Å². The molecule has 9 heteroatoms. The van der Waals surface area contributed by atoms with Gasteiger partial charge in [0, 0.05) is 13.0 Å². The molecule has 0 aliphatic carbocycles. The van der Waals surface area contributed by atoms with Crippen molar-refractivity contribution in [2.24, 2.45) is 0 Å². The van der Waals surface area contributed by atoms with Gasteiger partial charge in [-0.05, 0) is 25.0 Å². The van der Waals surface area contributed by atoms with Crippen LogP contribution in [0.1, 0.15) is 48.8 Å². The Kier molecular flexibility index (Phi) is 4.13.